The fourth-order valence-corrected chi connectivity index (χ4v) is 4.44. The highest BCUT2D eigenvalue weighted by molar-refractivity contribution is 7.92. The minimum atomic E-state index is -3.67. The summed E-state index contributed by atoms with van der Waals surface area (Å²) in [5.41, 5.74) is 2.62. The molecule has 1 amide bonds. The van der Waals surface area contributed by atoms with Gasteiger partial charge in [-0.3, -0.25) is 9.10 Å². The maximum absolute atomic E-state index is 13.0. The van der Waals surface area contributed by atoms with Crippen LogP contribution in [-0.2, 0) is 21.2 Å². The Balaban J connectivity index is 2.26. The molecule has 0 fully saturated rings. The van der Waals surface area contributed by atoms with E-state index in [1.807, 2.05) is 31.2 Å². The van der Waals surface area contributed by atoms with Crippen LogP contribution in [-0.4, -0.2) is 33.7 Å². The van der Waals surface area contributed by atoms with E-state index in [1.54, 1.807) is 38.3 Å². The Labute approximate surface area is 173 Å². The van der Waals surface area contributed by atoms with Crippen LogP contribution in [0.2, 0.25) is 0 Å². The van der Waals surface area contributed by atoms with Crippen molar-refractivity contribution in [2.24, 2.45) is 0 Å². The van der Waals surface area contributed by atoms with Crippen LogP contribution in [0.25, 0.3) is 0 Å². The molecule has 6 nitrogen and oxygen atoms in total. The number of hydrogen-bond acceptors (Lipinski definition) is 4. The molecular weight excluding hydrogens is 388 g/mol. The van der Waals surface area contributed by atoms with Crippen LogP contribution in [0.3, 0.4) is 0 Å². The largest absolute Gasteiger partial charge is 0.497 e. The van der Waals surface area contributed by atoms with Gasteiger partial charge in [-0.1, -0.05) is 38.1 Å². The summed E-state index contributed by atoms with van der Waals surface area (Å²) in [7, 11) is -2.13. The Morgan fingerprint density at radius 3 is 2.10 bits per heavy atom. The highest BCUT2D eigenvalue weighted by atomic mass is 32.2. The van der Waals surface area contributed by atoms with Gasteiger partial charge in [0.1, 0.15) is 11.8 Å². The van der Waals surface area contributed by atoms with Crippen LogP contribution in [0, 0.1) is 0 Å². The normalized spacial score (nSPS) is 13.4. The summed E-state index contributed by atoms with van der Waals surface area (Å²) in [5, 5.41) is 2.96. The monoisotopic (exact) mass is 418 g/mol. The first-order chi connectivity index (χ1) is 13.7. The zero-order valence-electron chi connectivity index (χ0n) is 17.7. The molecule has 7 heteroatoms. The zero-order valence-corrected chi connectivity index (χ0v) is 18.5. The number of nitrogens with one attached hydrogen (secondary N) is 1. The molecule has 0 bridgehead atoms. The van der Waals surface area contributed by atoms with E-state index in [0.717, 1.165) is 18.2 Å². The Kier molecular flexibility index (Phi) is 7.67. The van der Waals surface area contributed by atoms with Crippen molar-refractivity contribution < 1.29 is 17.9 Å². The molecule has 29 heavy (non-hydrogen) atoms. The van der Waals surface area contributed by atoms with Crippen LogP contribution in [0.1, 0.15) is 44.4 Å². The van der Waals surface area contributed by atoms with Crippen LogP contribution in [0.5, 0.6) is 5.75 Å². The highest BCUT2D eigenvalue weighted by Gasteiger charge is 2.32. The number of ether oxygens (including phenoxy) is 1. The number of rotatable bonds is 9. The molecule has 0 aliphatic heterocycles. The summed E-state index contributed by atoms with van der Waals surface area (Å²) in [6.07, 6.45) is 2.40. The Morgan fingerprint density at radius 1 is 1.07 bits per heavy atom. The standard InChI is InChI=1S/C22H30N2O4S/c1-6-17-8-10-18(11-9-17)16(3)23-22(25)21(7-2)24(29(5,26)27)19-12-14-20(28-4)15-13-19/h8-16,21H,6-7H2,1-5H3,(H,23,25)/t16-,21+/m0/s1. The van der Waals surface area contributed by atoms with E-state index in [0.29, 0.717) is 17.9 Å². The first-order valence-corrected chi connectivity index (χ1v) is 11.6. The summed E-state index contributed by atoms with van der Waals surface area (Å²) >= 11 is 0. The summed E-state index contributed by atoms with van der Waals surface area (Å²) in [6, 6.07) is 13.6. The summed E-state index contributed by atoms with van der Waals surface area (Å²) < 4.78 is 31.4. The van der Waals surface area contributed by atoms with Crippen molar-refractivity contribution in [3.05, 3.63) is 59.7 Å². The van der Waals surface area contributed by atoms with Crippen molar-refractivity contribution in [1.29, 1.82) is 0 Å². The smallest absolute Gasteiger partial charge is 0.244 e. The maximum atomic E-state index is 13.0. The van der Waals surface area contributed by atoms with Gasteiger partial charge in [-0.25, -0.2) is 8.42 Å². The van der Waals surface area contributed by atoms with E-state index in [2.05, 4.69) is 12.2 Å². The van der Waals surface area contributed by atoms with Gasteiger partial charge in [0.15, 0.2) is 0 Å². The van der Waals surface area contributed by atoms with Crippen LogP contribution in [0.15, 0.2) is 48.5 Å². The van der Waals surface area contributed by atoms with E-state index < -0.39 is 16.1 Å². The van der Waals surface area contributed by atoms with Crippen LogP contribution >= 0.6 is 0 Å². The number of aryl methyl sites for hydroxylation is 1. The van der Waals surface area contributed by atoms with Gasteiger partial charge < -0.3 is 10.1 Å². The fraction of sp³-hybridized carbons (Fsp3) is 0.409. The first kappa shape index (κ1) is 22.7. The Morgan fingerprint density at radius 2 is 1.66 bits per heavy atom. The molecule has 0 aromatic heterocycles. The number of anilines is 1. The number of nitrogens with zero attached hydrogens (tertiary/aromatic N) is 1. The number of methoxy groups -OCH3 is 1. The van der Waals surface area contributed by atoms with Crippen molar-refractivity contribution >= 4 is 21.6 Å². The number of amides is 1. The second-order valence-electron chi connectivity index (χ2n) is 7.01. The molecule has 2 rings (SSSR count). The number of hydrogen-bond donors (Lipinski definition) is 1. The van der Waals surface area contributed by atoms with Gasteiger partial charge in [0.05, 0.1) is 25.1 Å². The fourth-order valence-electron chi connectivity index (χ4n) is 3.22. The second kappa shape index (κ2) is 9.78. The molecule has 0 aliphatic rings. The minimum Gasteiger partial charge on any atom is -0.497 e. The van der Waals surface area contributed by atoms with E-state index in [1.165, 1.54) is 9.87 Å². The lowest BCUT2D eigenvalue weighted by Crippen LogP contribution is -2.49. The average molecular weight is 419 g/mol. The number of sulfonamides is 1. The lowest BCUT2D eigenvalue weighted by molar-refractivity contribution is -0.122. The molecule has 0 unspecified atom stereocenters. The molecule has 1 N–H and O–H groups in total. The molecule has 0 saturated carbocycles. The van der Waals surface area contributed by atoms with E-state index in [9.17, 15) is 13.2 Å². The summed E-state index contributed by atoms with van der Waals surface area (Å²) in [4.78, 5) is 13.0. The topological polar surface area (TPSA) is 75.7 Å². The van der Waals surface area contributed by atoms with Gasteiger partial charge >= 0.3 is 0 Å². The van der Waals surface area contributed by atoms with E-state index in [4.69, 9.17) is 4.74 Å². The van der Waals surface area contributed by atoms with Gasteiger partial charge in [0.2, 0.25) is 15.9 Å². The minimum absolute atomic E-state index is 0.236. The van der Waals surface area contributed by atoms with E-state index >= 15 is 0 Å². The number of carbonyl (C=O) groups excluding carboxylic acids is 1. The lowest BCUT2D eigenvalue weighted by atomic mass is 10.0. The molecule has 0 spiro atoms. The predicted octanol–water partition coefficient (Wildman–Crippen LogP) is 3.68. The molecule has 2 atom stereocenters. The quantitative estimate of drug-likeness (QED) is 0.674. The van der Waals surface area contributed by atoms with Crippen molar-refractivity contribution in [2.75, 3.05) is 17.7 Å². The lowest BCUT2D eigenvalue weighted by Gasteiger charge is -2.31. The highest BCUT2D eigenvalue weighted by Crippen LogP contribution is 2.25. The van der Waals surface area contributed by atoms with Crippen molar-refractivity contribution in [3.8, 4) is 5.75 Å². The molecule has 0 saturated heterocycles. The molecule has 0 aliphatic carbocycles. The SMILES string of the molecule is CCc1ccc([C@H](C)NC(=O)[C@@H](CC)N(c2ccc(OC)cc2)S(C)(=O)=O)cc1. The van der Waals surface area contributed by atoms with Gasteiger partial charge in [-0.2, -0.15) is 0 Å². The first-order valence-electron chi connectivity index (χ1n) is 9.73. The van der Waals surface area contributed by atoms with Crippen LogP contribution < -0.4 is 14.4 Å². The second-order valence-corrected chi connectivity index (χ2v) is 8.87. The van der Waals surface area contributed by atoms with Gasteiger partial charge in [-0.05, 0) is 55.2 Å². The summed E-state index contributed by atoms with van der Waals surface area (Å²) in [5.74, 6) is 0.282. The molecule has 158 valence electrons. The third-order valence-electron chi connectivity index (χ3n) is 4.90. The van der Waals surface area contributed by atoms with Crippen LogP contribution in [0.4, 0.5) is 5.69 Å². The predicted molar refractivity (Wildman–Crippen MR) is 117 cm³/mol. The maximum Gasteiger partial charge on any atom is 0.244 e. The van der Waals surface area contributed by atoms with Crippen molar-refractivity contribution in [2.45, 2.75) is 45.7 Å². The molecule has 0 heterocycles. The molecule has 0 radical (unpaired) electrons. The van der Waals surface area contributed by atoms with Gasteiger partial charge in [0.25, 0.3) is 0 Å². The van der Waals surface area contributed by atoms with Crippen molar-refractivity contribution in [1.82, 2.24) is 5.32 Å². The van der Waals surface area contributed by atoms with E-state index in [-0.39, 0.29) is 11.9 Å². The summed E-state index contributed by atoms with van der Waals surface area (Å²) in [6.45, 7) is 5.78. The van der Waals surface area contributed by atoms with Gasteiger partial charge in [0, 0.05) is 0 Å². The number of carbonyl (C=O) groups is 1. The third kappa shape index (κ3) is 5.73. The van der Waals surface area contributed by atoms with Crippen molar-refractivity contribution in [3.63, 3.8) is 0 Å². The molecule has 2 aromatic carbocycles. The Hall–Kier alpha value is -2.54. The third-order valence-corrected chi connectivity index (χ3v) is 6.08. The average Bonchev–Trinajstić information content (AvgIpc) is 2.71. The molecule has 2 aromatic rings. The zero-order chi connectivity index (χ0) is 21.6. The number of benzene rings is 2. The van der Waals surface area contributed by atoms with Gasteiger partial charge in [-0.15, -0.1) is 0 Å². The Bertz CT molecular complexity index is 909. The molecular formula is C22H30N2O4S.